The number of anilines is 1. The number of hydrogen-bond donors (Lipinski definition) is 4. The van der Waals surface area contributed by atoms with Gasteiger partial charge < -0.3 is 25.6 Å². The van der Waals surface area contributed by atoms with Gasteiger partial charge in [0.2, 0.25) is 5.91 Å². The smallest absolute Gasteiger partial charge is 0.321 e. The van der Waals surface area contributed by atoms with Gasteiger partial charge in [-0.15, -0.1) is 11.8 Å². The Morgan fingerprint density at radius 1 is 1.30 bits per heavy atom. The van der Waals surface area contributed by atoms with Crippen LogP contribution in [0.3, 0.4) is 0 Å². The van der Waals surface area contributed by atoms with Crippen LogP contribution in [0.4, 0.5) is 10.5 Å². The van der Waals surface area contributed by atoms with Crippen molar-refractivity contribution in [3.05, 3.63) is 35.9 Å². The van der Waals surface area contributed by atoms with E-state index in [-0.39, 0.29) is 23.4 Å². The van der Waals surface area contributed by atoms with Crippen molar-refractivity contribution in [1.29, 1.82) is 0 Å². The third-order valence-corrected chi connectivity index (χ3v) is 7.88. The summed E-state index contributed by atoms with van der Waals surface area (Å²) >= 11 is 1.32. The molecule has 3 aliphatic rings. The number of allylic oxidation sites excluding steroid dienone is 1. The van der Waals surface area contributed by atoms with Gasteiger partial charge in [0.05, 0.1) is 36.2 Å². The number of aliphatic hydroxyl groups excluding tert-OH is 1. The number of ether oxygens (including phenoxy) is 2. The number of imide groups is 1. The average molecular weight is 476 g/mol. The van der Waals surface area contributed by atoms with E-state index in [0.717, 1.165) is 17.7 Å². The van der Waals surface area contributed by atoms with E-state index in [2.05, 4.69) is 30.6 Å². The van der Waals surface area contributed by atoms with Crippen molar-refractivity contribution in [2.24, 2.45) is 5.92 Å². The van der Waals surface area contributed by atoms with Crippen molar-refractivity contribution in [2.45, 2.75) is 74.4 Å². The molecule has 33 heavy (non-hydrogen) atoms. The Labute approximate surface area is 198 Å². The van der Waals surface area contributed by atoms with Crippen LogP contribution in [0, 0.1) is 5.92 Å². The van der Waals surface area contributed by atoms with Crippen LogP contribution in [-0.2, 0) is 14.3 Å². The van der Waals surface area contributed by atoms with Crippen molar-refractivity contribution >= 4 is 29.4 Å². The lowest BCUT2D eigenvalue weighted by atomic mass is 9.67. The van der Waals surface area contributed by atoms with Crippen molar-refractivity contribution < 1.29 is 24.2 Å². The van der Waals surface area contributed by atoms with E-state index in [4.69, 9.17) is 15.2 Å². The number of rotatable bonds is 7. The minimum Gasteiger partial charge on any atom is -0.399 e. The normalized spacial score (nSPS) is 34.4. The Hall–Kier alpha value is -2.07. The molecule has 5 N–H and O–H groups in total. The summed E-state index contributed by atoms with van der Waals surface area (Å²) in [6, 6.07) is 6.10. The Balaban J connectivity index is 1.31. The van der Waals surface area contributed by atoms with Crippen molar-refractivity contribution in [2.75, 3.05) is 18.1 Å². The summed E-state index contributed by atoms with van der Waals surface area (Å²) in [5, 5.41) is 16.4. The van der Waals surface area contributed by atoms with E-state index >= 15 is 0 Å². The first-order valence-electron chi connectivity index (χ1n) is 11.3. The molecule has 180 valence electrons. The Bertz CT molecular complexity index is 929. The first kappa shape index (κ1) is 24.1. The number of nitrogens with one attached hydrogen (secondary N) is 2. The molecule has 0 radical (unpaired) electrons. The molecule has 2 heterocycles. The SMILES string of the molecule is CC(C)=CC[C@H]1O[C@]1(C)[C@H]1[C@H](O)[C@H](NC(=O)NC(=O)CSc2ccc(N)cc2)CC[C@]12CO2. The fourth-order valence-electron chi connectivity index (χ4n) is 4.96. The largest absolute Gasteiger partial charge is 0.399 e. The molecule has 2 saturated heterocycles. The number of hydrogen-bond acceptors (Lipinski definition) is 7. The van der Waals surface area contributed by atoms with E-state index in [1.165, 1.54) is 17.3 Å². The predicted molar refractivity (Wildman–Crippen MR) is 127 cm³/mol. The molecule has 0 bridgehead atoms. The summed E-state index contributed by atoms with van der Waals surface area (Å²) in [5.74, 6) is -0.545. The molecule has 3 amide bonds. The molecule has 2 aliphatic heterocycles. The lowest BCUT2D eigenvalue weighted by Crippen LogP contribution is -2.60. The molecule has 1 saturated carbocycles. The molecule has 8 nitrogen and oxygen atoms in total. The fourth-order valence-corrected chi connectivity index (χ4v) is 5.65. The number of benzene rings is 1. The van der Waals surface area contributed by atoms with Gasteiger partial charge in [0, 0.05) is 16.5 Å². The van der Waals surface area contributed by atoms with Gasteiger partial charge in [-0.05, 0) is 64.3 Å². The summed E-state index contributed by atoms with van der Waals surface area (Å²) in [4.78, 5) is 25.6. The highest BCUT2D eigenvalue weighted by Crippen LogP contribution is 2.58. The van der Waals surface area contributed by atoms with Crippen LogP contribution in [0.1, 0.15) is 40.0 Å². The number of epoxide rings is 2. The third-order valence-electron chi connectivity index (χ3n) is 6.87. The first-order valence-corrected chi connectivity index (χ1v) is 12.3. The zero-order valence-corrected chi connectivity index (χ0v) is 20.1. The molecule has 0 unspecified atom stereocenters. The highest BCUT2D eigenvalue weighted by atomic mass is 32.2. The van der Waals surface area contributed by atoms with E-state index < -0.39 is 29.7 Å². The first-order chi connectivity index (χ1) is 15.6. The molecule has 1 aromatic rings. The van der Waals surface area contributed by atoms with Gasteiger partial charge in [-0.1, -0.05) is 11.6 Å². The molecule has 1 aromatic carbocycles. The maximum absolute atomic E-state index is 12.5. The monoisotopic (exact) mass is 475 g/mol. The number of nitrogen functional groups attached to an aromatic ring is 1. The van der Waals surface area contributed by atoms with Gasteiger partial charge in [-0.3, -0.25) is 10.1 Å². The van der Waals surface area contributed by atoms with Gasteiger partial charge in [0.1, 0.15) is 5.60 Å². The second kappa shape index (κ2) is 9.29. The maximum Gasteiger partial charge on any atom is 0.321 e. The third kappa shape index (κ3) is 5.37. The van der Waals surface area contributed by atoms with Crippen LogP contribution in [0.5, 0.6) is 0 Å². The lowest BCUT2D eigenvalue weighted by Gasteiger charge is -2.41. The number of nitrogens with two attached hydrogens (primary N) is 1. The van der Waals surface area contributed by atoms with Gasteiger partial charge in [0.15, 0.2) is 0 Å². The Kier molecular flexibility index (Phi) is 6.77. The predicted octanol–water partition coefficient (Wildman–Crippen LogP) is 2.61. The number of urea groups is 1. The van der Waals surface area contributed by atoms with Crippen molar-refractivity contribution in [3.8, 4) is 0 Å². The number of carbonyl (C=O) groups excluding carboxylic acids is 2. The Morgan fingerprint density at radius 2 is 2.00 bits per heavy atom. The van der Waals surface area contributed by atoms with Crippen LogP contribution >= 0.6 is 11.8 Å². The second-order valence-corrected chi connectivity index (χ2v) is 10.7. The molecule has 0 aromatic heterocycles. The maximum atomic E-state index is 12.5. The zero-order valence-electron chi connectivity index (χ0n) is 19.3. The van der Waals surface area contributed by atoms with Crippen LogP contribution < -0.4 is 16.4 Å². The van der Waals surface area contributed by atoms with Crippen LogP contribution in [0.25, 0.3) is 0 Å². The van der Waals surface area contributed by atoms with Gasteiger partial charge in [0.25, 0.3) is 0 Å². The van der Waals surface area contributed by atoms with E-state index in [1.807, 2.05) is 19.1 Å². The topological polar surface area (TPSA) is 130 Å². The van der Waals surface area contributed by atoms with Gasteiger partial charge in [-0.2, -0.15) is 0 Å². The van der Waals surface area contributed by atoms with E-state index in [0.29, 0.717) is 18.7 Å². The van der Waals surface area contributed by atoms with Crippen LogP contribution in [0.2, 0.25) is 0 Å². The average Bonchev–Trinajstić information content (AvgIpc) is 3.66. The van der Waals surface area contributed by atoms with E-state index in [1.54, 1.807) is 12.1 Å². The van der Waals surface area contributed by atoms with E-state index in [9.17, 15) is 14.7 Å². The molecule has 6 atom stereocenters. The minimum atomic E-state index is -0.826. The van der Waals surface area contributed by atoms with Crippen molar-refractivity contribution in [3.63, 3.8) is 0 Å². The summed E-state index contributed by atoms with van der Waals surface area (Å²) in [6.45, 7) is 6.72. The number of amides is 3. The second-order valence-electron chi connectivity index (χ2n) is 9.65. The molecule has 9 heteroatoms. The number of aliphatic hydroxyl groups is 1. The molecular weight excluding hydrogens is 442 g/mol. The van der Waals surface area contributed by atoms with Crippen molar-refractivity contribution in [1.82, 2.24) is 10.6 Å². The standard InChI is InChI=1S/C24H33N3O5S/c1-14(2)4-9-18-23(3,32-18)21-20(29)17(10-11-24(21)13-31-24)26-22(30)27-19(28)12-33-16-7-5-15(25)6-8-16/h4-8,17-18,20-21,29H,9-13,25H2,1-3H3,(H2,26,27,28,30)/t17-,18-,20-,21-,23+,24+/m1/s1. The van der Waals surface area contributed by atoms with Crippen LogP contribution in [0.15, 0.2) is 40.8 Å². The highest BCUT2D eigenvalue weighted by molar-refractivity contribution is 8.00. The quantitative estimate of drug-likeness (QED) is 0.206. The summed E-state index contributed by atoms with van der Waals surface area (Å²) in [6.07, 6.45) is 3.43. The van der Waals surface area contributed by atoms with Gasteiger partial charge in [-0.25, -0.2) is 4.79 Å². The number of carbonyl (C=O) groups is 2. The summed E-state index contributed by atoms with van der Waals surface area (Å²) < 4.78 is 11.9. The molecule has 1 spiro atoms. The zero-order chi connectivity index (χ0) is 23.8. The van der Waals surface area contributed by atoms with Gasteiger partial charge >= 0.3 is 6.03 Å². The summed E-state index contributed by atoms with van der Waals surface area (Å²) in [7, 11) is 0. The minimum absolute atomic E-state index is 0.0210. The summed E-state index contributed by atoms with van der Waals surface area (Å²) in [5.41, 5.74) is 6.67. The lowest BCUT2D eigenvalue weighted by molar-refractivity contribution is -0.117. The Morgan fingerprint density at radius 3 is 2.64 bits per heavy atom. The highest BCUT2D eigenvalue weighted by Gasteiger charge is 2.71. The molecular formula is C24H33N3O5S. The molecule has 3 fully saturated rings. The van der Waals surface area contributed by atoms with Crippen LogP contribution in [-0.4, -0.2) is 58.9 Å². The molecule has 1 aliphatic carbocycles. The number of thioether (sulfide) groups is 1. The fraction of sp³-hybridized carbons (Fsp3) is 0.583. The molecule has 4 rings (SSSR count).